The zero-order valence-electron chi connectivity index (χ0n) is 25.4. The smallest absolute Gasteiger partial charge is 0.268 e. The summed E-state index contributed by atoms with van der Waals surface area (Å²) in [4.78, 5) is 0.00886. The van der Waals surface area contributed by atoms with E-state index in [2.05, 4.69) is 5.32 Å². The van der Waals surface area contributed by atoms with Gasteiger partial charge in [0.05, 0.1) is 32.8 Å². The second-order valence-electron chi connectivity index (χ2n) is 11.1. The Balaban J connectivity index is 1.26. The van der Waals surface area contributed by atoms with Gasteiger partial charge in [-0.05, 0) is 73.6 Å². The zero-order valence-corrected chi connectivity index (χ0v) is 27.1. The van der Waals surface area contributed by atoms with Crippen LogP contribution >= 0.6 is 0 Å². The Morgan fingerprint density at radius 2 is 1.50 bits per heavy atom. The molecule has 0 spiro atoms. The van der Waals surface area contributed by atoms with Crippen molar-refractivity contribution in [3.8, 4) is 17.2 Å². The molecule has 0 amide bonds. The van der Waals surface area contributed by atoms with E-state index in [0.717, 1.165) is 16.9 Å². The van der Waals surface area contributed by atoms with Crippen LogP contribution in [0.5, 0.6) is 17.2 Å². The lowest BCUT2D eigenvalue weighted by Gasteiger charge is -2.38. The van der Waals surface area contributed by atoms with Gasteiger partial charge in [-0.3, -0.25) is 4.31 Å². The predicted molar refractivity (Wildman–Crippen MR) is 171 cm³/mol. The van der Waals surface area contributed by atoms with Gasteiger partial charge in [0.1, 0.15) is 22.1 Å². The third kappa shape index (κ3) is 6.98. The highest BCUT2D eigenvalue weighted by Gasteiger charge is 2.39. The Hall–Kier alpha value is -3.32. The van der Waals surface area contributed by atoms with Gasteiger partial charge in [0.25, 0.3) is 10.0 Å². The van der Waals surface area contributed by atoms with E-state index < -0.39 is 26.1 Å². The third-order valence-corrected chi connectivity index (χ3v) is 12.3. The molecule has 1 N–H and O–H groups in total. The molecule has 0 aliphatic carbocycles. The summed E-state index contributed by atoms with van der Waals surface area (Å²) in [5.41, 5.74) is 2.62. The number of sulfonamides is 2. The second kappa shape index (κ2) is 13.8. The number of aryl methyl sites for hydroxylation is 1. The van der Waals surface area contributed by atoms with E-state index in [9.17, 15) is 16.8 Å². The van der Waals surface area contributed by atoms with E-state index in [-0.39, 0.29) is 28.9 Å². The van der Waals surface area contributed by atoms with Crippen molar-refractivity contribution in [3.05, 3.63) is 77.9 Å². The summed E-state index contributed by atoms with van der Waals surface area (Å²) in [5, 5.41) is 3.54. The van der Waals surface area contributed by atoms with Crippen molar-refractivity contribution in [2.75, 3.05) is 44.5 Å². The Morgan fingerprint density at radius 1 is 0.818 bits per heavy atom. The van der Waals surface area contributed by atoms with Crippen LogP contribution in [0, 0.1) is 0 Å². The topological polar surface area (TPSA) is 114 Å². The van der Waals surface area contributed by atoms with E-state index in [1.807, 2.05) is 36.4 Å². The van der Waals surface area contributed by atoms with Crippen LogP contribution < -0.4 is 23.8 Å². The molecule has 0 bridgehead atoms. The molecule has 0 aromatic heterocycles. The van der Waals surface area contributed by atoms with Crippen molar-refractivity contribution in [1.29, 1.82) is 0 Å². The fraction of sp³-hybridized carbons (Fsp3) is 0.438. The van der Waals surface area contributed by atoms with Gasteiger partial charge in [-0.15, -0.1) is 0 Å². The summed E-state index contributed by atoms with van der Waals surface area (Å²) in [7, 11) is -3.12. The molecule has 0 saturated carbocycles. The van der Waals surface area contributed by atoms with Gasteiger partial charge >= 0.3 is 0 Å². The molecule has 3 aromatic rings. The van der Waals surface area contributed by atoms with Crippen molar-refractivity contribution in [1.82, 2.24) is 9.62 Å². The summed E-state index contributed by atoms with van der Waals surface area (Å²) in [6, 6.07) is 19.6. The number of hydrogen-bond donors (Lipinski definition) is 1. The van der Waals surface area contributed by atoms with Crippen LogP contribution in [-0.4, -0.2) is 73.4 Å². The lowest BCUT2D eigenvalue weighted by molar-refractivity contribution is 0.288. The van der Waals surface area contributed by atoms with Gasteiger partial charge in [0.2, 0.25) is 10.0 Å². The summed E-state index contributed by atoms with van der Waals surface area (Å²) in [6.07, 6.45) is 2.79. The standard InChI is InChI=1S/C32H41N3O7S2/c1-40-28-12-8-24(9-13-28)23-33-26-16-19-34(20-17-26)43(36,37)21-18-27-11-10-25-6-4-5-7-30(25)35(27)44(38,39)32-15-14-29(41-2)22-31(32)42-3/h4-9,12-15,22,26-27,33H,10-11,16-21,23H2,1-3H3. The summed E-state index contributed by atoms with van der Waals surface area (Å²) in [5.74, 6) is 1.32. The zero-order chi connectivity index (χ0) is 31.3. The molecule has 12 heteroatoms. The van der Waals surface area contributed by atoms with Gasteiger partial charge < -0.3 is 19.5 Å². The van der Waals surface area contributed by atoms with Crippen molar-refractivity contribution >= 4 is 25.7 Å². The molecule has 0 radical (unpaired) electrons. The molecule has 2 aliphatic heterocycles. The van der Waals surface area contributed by atoms with Gasteiger partial charge in [-0.2, -0.15) is 0 Å². The lowest BCUT2D eigenvalue weighted by atomic mass is 9.97. The van der Waals surface area contributed by atoms with Crippen LogP contribution in [-0.2, 0) is 33.0 Å². The van der Waals surface area contributed by atoms with Crippen LogP contribution in [0.25, 0.3) is 0 Å². The summed E-state index contributed by atoms with van der Waals surface area (Å²) >= 11 is 0. The highest BCUT2D eigenvalue weighted by Crippen LogP contribution is 2.39. The average Bonchev–Trinajstić information content (AvgIpc) is 3.06. The largest absolute Gasteiger partial charge is 0.497 e. The Kier molecular flexibility index (Phi) is 10.0. The molecule has 1 unspecified atom stereocenters. The quantitative estimate of drug-likeness (QED) is 0.313. The number of piperidine rings is 1. The number of nitrogens with one attached hydrogen (secondary N) is 1. The van der Waals surface area contributed by atoms with Crippen LogP contribution in [0.15, 0.2) is 71.6 Å². The normalized spacial score (nSPS) is 18.1. The molecule has 5 rings (SSSR count). The molecule has 3 aromatic carbocycles. The number of hydrogen-bond acceptors (Lipinski definition) is 8. The van der Waals surface area contributed by atoms with Crippen molar-refractivity contribution in [3.63, 3.8) is 0 Å². The maximum atomic E-state index is 14.2. The first kappa shape index (κ1) is 32.1. The average molecular weight is 644 g/mol. The first-order chi connectivity index (χ1) is 21.2. The molecule has 1 fully saturated rings. The van der Waals surface area contributed by atoms with Crippen LogP contribution in [0.4, 0.5) is 5.69 Å². The van der Waals surface area contributed by atoms with E-state index >= 15 is 0 Å². The van der Waals surface area contributed by atoms with Crippen LogP contribution in [0.2, 0.25) is 0 Å². The molecule has 1 atom stereocenters. The van der Waals surface area contributed by atoms with Crippen LogP contribution in [0.1, 0.15) is 36.8 Å². The lowest BCUT2D eigenvalue weighted by Crippen LogP contribution is -2.47. The number of rotatable bonds is 12. The number of ether oxygens (including phenoxy) is 3. The molecule has 238 valence electrons. The third-order valence-electron chi connectivity index (χ3n) is 8.53. The fourth-order valence-electron chi connectivity index (χ4n) is 6.01. The highest BCUT2D eigenvalue weighted by molar-refractivity contribution is 7.93. The van der Waals surface area contributed by atoms with E-state index in [1.165, 1.54) is 30.7 Å². The van der Waals surface area contributed by atoms with Crippen LogP contribution in [0.3, 0.4) is 0 Å². The molecular weight excluding hydrogens is 603 g/mol. The van der Waals surface area contributed by atoms with Crippen molar-refractivity contribution in [2.24, 2.45) is 0 Å². The number of nitrogens with zero attached hydrogens (tertiary/aromatic N) is 2. The van der Waals surface area contributed by atoms with Crippen molar-refractivity contribution < 1.29 is 31.0 Å². The second-order valence-corrected chi connectivity index (χ2v) is 15.0. The number of fused-ring (bicyclic) bond motifs is 1. The predicted octanol–water partition coefficient (Wildman–Crippen LogP) is 4.20. The maximum absolute atomic E-state index is 14.2. The number of methoxy groups -OCH3 is 3. The van der Waals surface area contributed by atoms with Crippen molar-refractivity contribution in [2.45, 2.75) is 55.6 Å². The Labute approximate surface area is 261 Å². The highest BCUT2D eigenvalue weighted by atomic mass is 32.2. The fourth-order valence-corrected chi connectivity index (χ4v) is 9.50. The Morgan fingerprint density at radius 3 is 2.18 bits per heavy atom. The summed E-state index contributed by atoms with van der Waals surface area (Å²) < 4.78 is 74.4. The number of para-hydroxylation sites is 1. The minimum atomic E-state index is -4.10. The monoisotopic (exact) mass is 643 g/mol. The first-order valence-electron chi connectivity index (χ1n) is 14.8. The van der Waals surface area contributed by atoms with Gasteiger partial charge in [-0.25, -0.2) is 21.1 Å². The van der Waals surface area contributed by atoms with E-state index in [0.29, 0.717) is 56.8 Å². The van der Waals surface area contributed by atoms with Gasteiger partial charge in [0.15, 0.2) is 0 Å². The molecule has 10 nitrogen and oxygen atoms in total. The minimum Gasteiger partial charge on any atom is -0.497 e. The molecule has 44 heavy (non-hydrogen) atoms. The number of anilines is 1. The van der Waals surface area contributed by atoms with E-state index in [1.54, 1.807) is 29.6 Å². The Bertz CT molecular complexity index is 1640. The molecule has 1 saturated heterocycles. The molecular formula is C32H41N3O7S2. The number of benzene rings is 3. The summed E-state index contributed by atoms with van der Waals surface area (Å²) in [6.45, 7) is 1.57. The maximum Gasteiger partial charge on any atom is 0.268 e. The van der Waals surface area contributed by atoms with E-state index in [4.69, 9.17) is 14.2 Å². The van der Waals surface area contributed by atoms with Gasteiger partial charge in [-0.1, -0.05) is 30.3 Å². The first-order valence-corrected chi connectivity index (χ1v) is 17.9. The molecule has 2 heterocycles. The SMILES string of the molecule is COc1ccc(CNC2CCN(S(=O)(=O)CCC3CCc4ccccc4N3S(=O)(=O)c3ccc(OC)cc3OC)CC2)cc1. The minimum absolute atomic E-state index is 0.00886. The van der Waals surface area contributed by atoms with Gasteiger partial charge in [0, 0.05) is 37.8 Å². The molecule has 2 aliphatic rings.